The zero-order valence-corrected chi connectivity index (χ0v) is 9.12. The van der Waals surface area contributed by atoms with Crippen molar-refractivity contribution in [3.8, 4) is 0 Å². The highest BCUT2D eigenvalue weighted by Crippen LogP contribution is 2.12. The van der Waals surface area contributed by atoms with Crippen molar-refractivity contribution in [2.75, 3.05) is 0 Å². The highest BCUT2D eigenvalue weighted by atomic mass is 16.4. The second-order valence-corrected chi connectivity index (χ2v) is 3.24. The van der Waals surface area contributed by atoms with Crippen LogP contribution >= 0.6 is 0 Å². The lowest BCUT2D eigenvalue weighted by Gasteiger charge is -1.97. The summed E-state index contributed by atoms with van der Waals surface area (Å²) in [5.41, 5.74) is 0.0821. The summed E-state index contributed by atoms with van der Waals surface area (Å²) >= 11 is 0. The third kappa shape index (κ3) is 3.90. The number of aromatic nitrogens is 1. The van der Waals surface area contributed by atoms with Gasteiger partial charge in [-0.05, 0) is 11.5 Å². The van der Waals surface area contributed by atoms with E-state index in [4.69, 9.17) is 15.0 Å². The van der Waals surface area contributed by atoms with E-state index in [9.17, 15) is 4.79 Å². The summed E-state index contributed by atoms with van der Waals surface area (Å²) in [6.07, 6.45) is 1.57. The molecular weight excluding hydrogens is 222 g/mol. The van der Waals surface area contributed by atoms with Crippen molar-refractivity contribution < 1.29 is 19.8 Å². The van der Waals surface area contributed by atoms with Crippen LogP contribution in [0.5, 0.6) is 0 Å². The minimum Gasteiger partial charge on any atom is -0.481 e. The average Bonchev–Trinajstić information content (AvgIpc) is 2.27. The number of carbonyl (C=O) groups is 2. The zero-order chi connectivity index (χ0) is 12.8. The number of rotatable bonds is 1. The molecule has 0 saturated carbocycles. The first kappa shape index (κ1) is 12.6. The molecule has 0 saturated heterocycles. The summed E-state index contributed by atoms with van der Waals surface area (Å²) in [5, 5.41) is 17.9. The Bertz CT molecular complexity index is 547. The Labute approximate surface area is 97.3 Å². The van der Waals surface area contributed by atoms with E-state index in [-0.39, 0.29) is 5.69 Å². The van der Waals surface area contributed by atoms with Crippen LogP contribution in [-0.2, 0) is 4.79 Å². The summed E-state index contributed by atoms with van der Waals surface area (Å²) in [7, 11) is 0. The quantitative estimate of drug-likeness (QED) is 0.786. The van der Waals surface area contributed by atoms with Gasteiger partial charge < -0.3 is 10.2 Å². The number of carboxylic acid groups (broad SMARTS) is 2. The Kier molecular flexibility index (Phi) is 4.16. The molecule has 1 aromatic carbocycles. The molecule has 0 bridgehead atoms. The van der Waals surface area contributed by atoms with Gasteiger partial charge in [-0.25, -0.2) is 9.78 Å². The standard InChI is InChI=1S/C10H7NO2.C2H4O2/c12-10(13)9-5-7-3-1-2-4-8(7)6-11-9;1-2(3)4/h1-6H,(H,12,13);1H3,(H,3,4). The Morgan fingerprint density at radius 3 is 2.18 bits per heavy atom. The van der Waals surface area contributed by atoms with E-state index >= 15 is 0 Å². The monoisotopic (exact) mass is 233 g/mol. The molecule has 88 valence electrons. The normalized spacial score (nSPS) is 9.24. The van der Waals surface area contributed by atoms with Crippen molar-refractivity contribution >= 4 is 22.7 Å². The fourth-order valence-electron chi connectivity index (χ4n) is 1.20. The van der Waals surface area contributed by atoms with Crippen molar-refractivity contribution in [2.45, 2.75) is 6.92 Å². The van der Waals surface area contributed by atoms with Crippen LogP contribution < -0.4 is 0 Å². The molecule has 5 heteroatoms. The van der Waals surface area contributed by atoms with Crippen molar-refractivity contribution in [1.29, 1.82) is 0 Å². The predicted octanol–water partition coefficient (Wildman–Crippen LogP) is 2.02. The lowest BCUT2D eigenvalue weighted by molar-refractivity contribution is -0.134. The number of carboxylic acids is 2. The Morgan fingerprint density at radius 2 is 1.65 bits per heavy atom. The van der Waals surface area contributed by atoms with Crippen LogP contribution in [0.15, 0.2) is 36.5 Å². The molecule has 1 heterocycles. The van der Waals surface area contributed by atoms with Crippen molar-refractivity contribution in [3.05, 3.63) is 42.2 Å². The molecule has 0 unspecified atom stereocenters. The summed E-state index contributed by atoms with van der Waals surface area (Å²) in [4.78, 5) is 23.4. The highest BCUT2D eigenvalue weighted by Gasteiger charge is 2.03. The molecule has 0 atom stereocenters. The molecule has 0 amide bonds. The van der Waals surface area contributed by atoms with Gasteiger partial charge in [0.2, 0.25) is 0 Å². The molecule has 2 rings (SSSR count). The lowest BCUT2D eigenvalue weighted by Crippen LogP contribution is -1.98. The van der Waals surface area contributed by atoms with Crippen LogP contribution in [-0.4, -0.2) is 27.1 Å². The molecule has 0 aliphatic rings. The van der Waals surface area contributed by atoms with Crippen LogP contribution in [0.4, 0.5) is 0 Å². The molecule has 2 N–H and O–H groups in total. The van der Waals surface area contributed by atoms with Gasteiger partial charge in [0.05, 0.1) is 0 Å². The zero-order valence-electron chi connectivity index (χ0n) is 9.12. The number of pyridine rings is 1. The van der Waals surface area contributed by atoms with Gasteiger partial charge in [-0.3, -0.25) is 4.79 Å². The number of fused-ring (bicyclic) bond motifs is 1. The van der Waals surface area contributed by atoms with Gasteiger partial charge in [-0.1, -0.05) is 24.3 Å². The minimum absolute atomic E-state index is 0.0821. The molecule has 0 fully saturated rings. The first-order valence-electron chi connectivity index (χ1n) is 4.78. The van der Waals surface area contributed by atoms with Crippen molar-refractivity contribution in [1.82, 2.24) is 4.98 Å². The third-order valence-electron chi connectivity index (χ3n) is 1.85. The maximum absolute atomic E-state index is 10.6. The minimum atomic E-state index is -0.995. The second kappa shape index (κ2) is 5.60. The molecule has 0 aliphatic carbocycles. The third-order valence-corrected chi connectivity index (χ3v) is 1.85. The number of nitrogens with zero attached hydrogens (tertiary/aromatic N) is 1. The van der Waals surface area contributed by atoms with E-state index in [2.05, 4.69) is 4.98 Å². The maximum atomic E-state index is 10.6. The smallest absolute Gasteiger partial charge is 0.354 e. The van der Waals surface area contributed by atoms with Crippen LogP contribution in [0.1, 0.15) is 17.4 Å². The molecule has 0 aliphatic heterocycles. The van der Waals surface area contributed by atoms with Crippen LogP contribution in [0, 0.1) is 0 Å². The van der Waals surface area contributed by atoms with Gasteiger partial charge in [-0.2, -0.15) is 0 Å². The lowest BCUT2D eigenvalue weighted by atomic mass is 10.1. The molecule has 0 spiro atoms. The van der Waals surface area contributed by atoms with Gasteiger partial charge in [0.25, 0.3) is 5.97 Å². The molecule has 2 aromatic rings. The average molecular weight is 233 g/mol. The van der Waals surface area contributed by atoms with Crippen molar-refractivity contribution in [2.24, 2.45) is 0 Å². The summed E-state index contributed by atoms with van der Waals surface area (Å²) in [6, 6.07) is 9.09. The first-order valence-corrected chi connectivity index (χ1v) is 4.78. The Morgan fingerprint density at radius 1 is 1.12 bits per heavy atom. The number of aliphatic carboxylic acids is 1. The summed E-state index contributed by atoms with van der Waals surface area (Å²) in [5.74, 6) is -1.83. The van der Waals surface area contributed by atoms with Gasteiger partial charge in [0.1, 0.15) is 5.69 Å². The van der Waals surface area contributed by atoms with Crippen LogP contribution in [0.3, 0.4) is 0 Å². The summed E-state index contributed by atoms with van der Waals surface area (Å²) in [6.45, 7) is 1.08. The predicted molar refractivity (Wildman–Crippen MR) is 62.0 cm³/mol. The summed E-state index contributed by atoms with van der Waals surface area (Å²) < 4.78 is 0. The largest absolute Gasteiger partial charge is 0.481 e. The van der Waals surface area contributed by atoms with Crippen LogP contribution in [0.2, 0.25) is 0 Å². The van der Waals surface area contributed by atoms with E-state index in [0.717, 1.165) is 17.7 Å². The van der Waals surface area contributed by atoms with E-state index in [0.29, 0.717) is 0 Å². The van der Waals surface area contributed by atoms with E-state index in [1.807, 2.05) is 24.3 Å². The number of hydrogen-bond acceptors (Lipinski definition) is 3. The van der Waals surface area contributed by atoms with E-state index in [1.54, 1.807) is 12.3 Å². The Hall–Kier alpha value is -2.43. The second-order valence-electron chi connectivity index (χ2n) is 3.24. The van der Waals surface area contributed by atoms with Gasteiger partial charge in [-0.15, -0.1) is 0 Å². The molecular formula is C12H11NO4. The first-order chi connectivity index (χ1) is 8.00. The molecule has 5 nitrogen and oxygen atoms in total. The van der Waals surface area contributed by atoms with Crippen molar-refractivity contribution in [3.63, 3.8) is 0 Å². The fraction of sp³-hybridized carbons (Fsp3) is 0.0833. The maximum Gasteiger partial charge on any atom is 0.354 e. The van der Waals surface area contributed by atoms with Gasteiger partial charge >= 0.3 is 5.97 Å². The van der Waals surface area contributed by atoms with Crippen LogP contribution in [0.25, 0.3) is 10.8 Å². The Balaban J connectivity index is 0.000000317. The van der Waals surface area contributed by atoms with Gasteiger partial charge in [0, 0.05) is 18.5 Å². The number of hydrogen-bond donors (Lipinski definition) is 2. The highest BCUT2D eigenvalue weighted by molar-refractivity contribution is 5.91. The fourth-order valence-corrected chi connectivity index (χ4v) is 1.20. The topological polar surface area (TPSA) is 87.5 Å². The van der Waals surface area contributed by atoms with E-state index < -0.39 is 11.9 Å². The molecule has 17 heavy (non-hydrogen) atoms. The van der Waals surface area contributed by atoms with E-state index in [1.165, 1.54) is 0 Å². The number of benzene rings is 1. The molecule has 1 aromatic heterocycles. The van der Waals surface area contributed by atoms with Gasteiger partial charge in [0.15, 0.2) is 0 Å². The molecule has 0 radical (unpaired) electrons. The SMILES string of the molecule is CC(=O)O.O=C(O)c1cc2ccccc2cn1. The number of aromatic carboxylic acids is 1.